The molecule has 1 amide bonds. The fourth-order valence-electron chi connectivity index (χ4n) is 4.61. The Morgan fingerprint density at radius 1 is 1.06 bits per heavy atom. The third-order valence-corrected chi connectivity index (χ3v) is 7.35. The zero-order valence-corrected chi connectivity index (χ0v) is 19.4. The highest BCUT2D eigenvalue weighted by Crippen LogP contribution is 2.43. The number of fused-ring (bicyclic) bond motifs is 1. The van der Waals surface area contributed by atoms with Crippen molar-refractivity contribution < 1.29 is 18.0 Å². The third-order valence-electron chi connectivity index (χ3n) is 6.53. The normalized spacial score (nSPS) is 16.8. The molecule has 7 nitrogen and oxygen atoms in total. The van der Waals surface area contributed by atoms with Crippen molar-refractivity contribution in [3.05, 3.63) is 65.1 Å². The molecular weight excluding hydrogens is 477 g/mol. The van der Waals surface area contributed by atoms with Gasteiger partial charge in [0.2, 0.25) is 0 Å². The highest BCUT2D eigenvalue weighted by Gasteiger charge is 2.36. The van der Waals surface area contributed by atoms with Gasteiger partial charge in [0.05, 0.1) is 34.1 Å². The molecule has 1 saturated heterocycles. The Balaban J connectivity index is 1.24. The lowest BCUT2D eigenvalue weighted by Gasteiger charge is -2.35. The number of amides is 1. The Morgan fingerprint density at radius 2 is 1.86 bits per heavy atom. The molecular formula is C24H21F3N6OS. The Hall–Kier alpha value is -3.47. The smallest absolute Gasteiger partial charge is 0.352 e. The van der Waals surface area contributed by atoms with E-state index in [4.69, 9.17) is 0 Å². The Morgan fingerprint density at radius 3 is 2.60 bits per heavy atom. The standard InChI is InChI=1S/C24H21F3N6OS/c25-24(26,27)16-2-1-3-17(12-16)33-20(15-4-5-15)19(13-30-33)23(34)32-9-7-31(8-10-32)21-18-6-11-35-22(18)29-14-28-21/h1-3,6,11-15H,4-5,7-10H2. The number of hydrogen-bond acceptors (Lipinski definition) is 6. The second kappa shape index (κ2) is 8.33. The fraction of sp³-hybridized carbons (Fsp3) is 0.333. The lowest BCUT2D eigenvalue weighted by molar-refractivity contribution is -0.137. The first kappa shape index (κ1) is 22.0. The number of hydrogen-bond donors (Lipinski definition) is 0. The second-order valence-electron chi connectivity index (χ2n) is 8.79. The number of rotatable bonds is 4. The van der Waals surface area contributed by atoms with Gasteiger partial charge in [0.1, 0.15) is 17.0 Å². The first-order valence-corrected chi connectivity index (χ1v) is 12.3. The lowest BCUT2D eigenvalue weighted by Crippen LogP contribution is -2.49. The van der Waals surface area contributed by atoms with Crippen LogP contribution in [-0.4, -0.2) is 56.7 Å². The maximum atomic E-state index is 13.5. The summed E-state index contributed by atoms with van der Waals surface area (Å²) in [7, 11) is 0. The van der Waals surface area contributed by atoms with E-state index < -0.39 is 11.7 Å². The van der Waals surface area contributed by atoms with E-state index in [1.807, 2.05) is 11.4 Å². The topological polar surface area (TPSA) is 67.2 Å². The van der Waals surface area contributed by atoms with Gasteiger partial charge in [0.25, 0.3) is 5.91 Å². The quantitative estimate of drug-likeness (QED) is 0.407. The zero-order chi connectivity index (χ0) is 24.2. The minimum absolute atomic E-state index is 0.125. The first-order valence-electron chi connectivity index (χ1n) is 11.4. The number of piperazine rings is 1. The number of thiophene rings is 1. The molecule has 0 radical (unpaired) electrons. The van der Waals surface area contributed by atoms with Gasteiger partial charge in [0.15, 0.2) is 0 Å². The molecule has 6 rings (SSSR count). The van der Waals surface area contributed by atoms with Crippen LogP contribution in [0.25, 0.3) is 15.9 Å². The predicted octanol–water partition coefficient (Wildman–Crippen LogP) is 4.74. The minimum atomic E-state index is -4.44. The Kier molecular flexibility index (Phi) is 5.24. The van der Waals surface area contributed by atoms with E-state index in [0.29, 0.717) is 43.1 Å². The van der Waals surface area contributed by atoms with Gasteiger partial charge in [-0.3, -0.25) is 4.79 Å². The maximum absolute atomic E-state index is 13.5. The molecule has 2 aliphatic rings. The van der Waals surface area contributed by atoms with E-state index in [2.05, 4.69) is 20.0 Å². The molecule has 180 valence electrons. The van der Waals surface area contributed by atoms with Gasteiger partial charge in [-0.15, -0.1) is 11.3 Å². The first-order chi connectivity index (χ1) is 16.9. The number of alkyl halides is 3. The van der Waals surface area contributed by atoms with Crippen LogP contribution in [0, 0.1) is 0 Å². The largest absolute Gasteiger partial charge is 0.416 e. The summed E-state index contributed by atoms with van der Waals surface area (Å²) in [4.78, 5) is 27.1. The van der Waals surface area contributed by atoms with Crippen molar-refractivity contribution in [1.29, 1.82) is 0 Å². The number of nitrogens with zero attached hydrogens (tertiary/aromatic N) is 6. The van der Waals surface area contributed by atoms with Crippen LogP contribution in [0.4, 0.5) is 19.0 Å². The molecule has 1 aromatic carbocycles. The summed E-state index contributed by atoms with van der Waals surface area (Å²) < 4.78 is 41.3. The van der Waals surface area contributed by atoms with E-state index in [9.17, 15) is 18.0 Å². The molecule has 4 aromatic rings. The van der Waals surface area contributed by atoms with E-state index in [-0.39, 0.29) is 11.8 Å². The monoisotopic (exact) mass is 498 g/mol. The lowest BCUT2D eigenvalue weighted by atomic mass is 10.1. The van der Waals surface area contributed by atoms with Gasteiger partial charge in [-0.05, 0) is 42.5 Å². The minimum Gasteiger partial charge on any atom is -0.352 e. The summed E-state index contributed by atoms with van der Waals surface area (Å²) in [5.41, 5.74) is 0.753. The molecule has 0 spiro atoms. The van der Waals surface area contributed by atoms with Crippen LogP contribution < -0.4 is 4.90 Å². The zero-order valence-electron chi connectivity index (χ0n) is 18.6. The molecule has 0 unspecified atom stereocenters. The van der Waals surface area contributed by atoms with Gasteiger partial charge in [0, 0.05) is 32.1 Å². The van der Waals surface area contributed by atoms with Crippen LogP contribution in [0.1, 0.15) is 40.4 Å². The van der Waals surface area contributed by atoms with E-state index in [1.165, 1.54) is 16.9 Å². The Labute approximate surface area is 202 Å². The van der Waals surface area contributed by atoms with Crippen LogP contribution in [0.5, 0.6) is 0 Å². The van der Waals surface area contributed by atoms with Gasteiger partial charge in [-0.2, -0.15) is 18.3 Å². The van der Waals surface area contributed by atoms with Crippen LogP contribution >= 0.6 is 11.3 Å². The molecule has 2 fully saturated rings. The molecule has 1 saturated carbocycles. The molecule has 11 heteroatoms. The summed E-state index contributed by atoms with van der Waals surface area (Å²) in [6.07, 6.45) is 0.406. The summed E-state index contributed by atoms with van der Waals surface area (Å²) in [6.45, 7) is 2.31. The van der Waals surface area contributed by atoms with Crippen molar-refractivity contribution >= 4 is 33.3 Å². The van der Waals surface area contributed by atoms with Crippen molar-refractivity contribution in [3.8, 4) is 5.69 Å². The van der Waals surface area contributed by atoms with Crippen molar-refractivity contribution in [1.82, 2.24) is 24.6 Å². The second-order valence-corrected chi connectivity index (χ2v) is 9.69. The molecule has 1 aliphatic carbocycles. The van der Waals surface area contributed by atoms with Crippen LogP contribution in [-0.2, 0) is 6.18 Å². The van der Waals surface area contributed by atoms with Crippen LogP contribution in [0.3, 0.4) is 0 Å². The van der Waals surface area contributed by atoms with E-state index in [0.717, 1.165) is 41.0 Å². The molecule has 0 bridgehead atoms. The maximum Gasteiger partial charge on any atom is 0.416 e. The molecule has 0 atom stereocenters. The van der Waals surface area contributed by atoms with Crippen LogP contribution in [0.2, 0.25) is 0 Å². The SMILES string of the molecule is O=C(c1cnn(-c2cccc(C(F)(F)F)c2)c1C1CC1)N1CCN(c2ncnc3sccc23)CC1. The van der Waals surface area contributed by atoms with E-state index in [1.54, 1.807) is 28.6 Å². The number of aromatic nitrogens is 4. The number of halogens is 3. The average Bonchev–Trinajstić information content (AvgIpc) is 3.41. The summed E-state index contributed by atoms with van der Waals surface area (Å²) in [5, 5.41) is 7.35. The van der Waals surface area contributed by atoms with Crippen molar-refractivity contribution in [2.24, 2.45) is 0 Å². The molecule has 0 N–H and O–H groups in total. The summed E-state index contributed by atoms with van der Waals surface area (Å²) in [6, 6.07) is 7.09. The van der Waals surface area contributed by atoms with Crippen molar-refractivity contribution in [2.75, 3.05) is 31.1 Å². The molecule has 3 aromatic heterocycles. The highest BCUT2D eigenvalue weighted by atomic mass is 32.1. The Bertz CT molecular complexity index is 1400. The van der Waals surface area contributed by atoms with Crippen molar-refractivity contribution in [3.63, 3.8) is 0 Å². The summed E-state index contributed by atoms with van der Waals surface area (Å²) in [5.74, 6) is 0.868. The number of carbonyl (C=O) groups excluding carboxylic acids is 1. The molecule has 1 aliphatic heterocycles. The highest BCUT2D eigenvalue weighted by molar-refractivity contribution is 7.16. The predicted molar refractivity (Wildman–Crippen MR) is 126 cm³/mol. The number of benzene rings is 1. The van der Waals surface area contributed by atoms with E-state index >= 15 is 0 Å². The average molecular weight is 499 g/mol. The number of anilines is 1. The van der Waals surface area contributed by atoms with Crippen LogP contribution in [0.15, 0.2) is 48.2 Å². The third kappa shape index (κ3) is 4.03. The van der Waals surface area contributed by atoms with Gasteiger partial charge < -0.3 is 9.80 Å². The van der Waals surface area contributed by atoms with Gasteiger partial charge >= 0.3 is 6.18 Å². The molecule has 4 heterocycles. The van der Waals surface area contributed by atoms with Gasteiger partial charge in [-0.25, -0.2) is 14.6 Å². The summed E-state index contributed by atoms with van der Waals surface area (Å²) >= 11 is 1.57. The number of carbonyl (C=O) groups is 1. The van der Waals surface area contributed by atoms with Gasteiger partial charge in [-0.1, -0.05) is 6.07 Å². The molecule has 35 heavy (non-hydrogen) atoms. The van der Waals surface area contributed by atoms with Crippen molar-refractivity contribution in [2.45, 2.75) is 24.9 Å². The fourth-order valence-corrected chi connectivity index (χ4v) is 5.34.